The van der Waals surface area contributed by atoms with E-state index in [9.17, 15) is 8.42 Å². The predicted molar refractivity (Wildman–Crippen MR) is 113 cm³/mol. The van der Waals surface area contributed by atoms with E-state index in [0.717, 1.165) is 21.8 Å². The quantitative estimate of drug-likeness (QED) is 0.607. The van der Waals surface area contributed by atoms with Crippen molar-refractivity contribution in [3.63, 3.8) is 0 Å². The monoisotopic (exact) mass is 422 g/mol. The molecular weight excluding hydrogens is 400 g/mol. The summed E-state index contributed by atoms with van der Waals surface area (Å²) in [7, 11) is -2.19. The third kappa shape index (κ3) is 4.34. The number of thiophene rings is 1. The highest BCUT2D eigenvalue weighted by Crippen LogP contribution is 2.35. The second-order valence-electron chi connectivity index (χ2n) is 7.25. The van der Waals surface area contributed by atoms with Crippen molar-refractivity contribution in [3.8, 4) is 16.3 Å². The van der Waals surface area contributed by atoms with Crippen molar-refractivity contribution in [2.75, 3.05) is 11.8 Å². The summed E-state index contributed by atoms with van der Waals surface area (Å²) >= 11 is 2.71. The van der Waals surface area contributed by atoms with Crippen LogP contribution in [0.2, 0.25) is 0 Å². The molecule has 144 valence electrons. The average molecular weight is 423 g/mol. The van der Waals surface area contributed by atoms with Gasteiger partial charge in [0.1, 0.15) is 15.0 Å². The predicted octanol–water partition coefficient (Wildman–Crippen LogP) is 5.29. The van der Waals surface area contributed by atoms with Crippen molar-refractivity contribution in [2.24, 2.45) is 0 Å². The van der Waals surface area contributed by atoms with Gasteiger partial charge in [0.05, 0.1) is 18.5 Å². The molecule has 1 N–H and O–H groups in total. The molecule has 8 heteroatoms. The zero-order chi connectivity index (χ0) is 19.8. The summed E-state index contributed by atoms with van der Waals surface area (Å²) in [5, 5.41) is 4.68. The van der Waals surface area contributed by atoms with Gasteiger partial charge in [0.2, 0.25) is 0 Å². The Morgan fingerprint density at radius 3 is 2.48 bits per heavy atom. The van der Waals surface area contributed by atoms with E-state index in [0.29, 0.717) is 11.4 Å². The fourth-order valence-electron chi connectivity index (χ4n) is 2.42. The summed E-state index contributed by atoms with van der Waals surface area (Å²) in [6, 6.07) is 7.04. The molecule has 0 saturated heterocycles. The van der Waals surface area contributed by atoms with E-state index in [1.165, 1.54) is 29.8 Å². The first-order chi connectivity index (χ1) is 12.6. The average Bonchev–Trinajstić information content (AvgIpc) is 3.24. The largest absolute Gasteiger partial charge is 0.495 e. The zero-order valence-corrected chi connectivity index (χ0v) is 18.3. The number of hydrogen-bond donors (Lipinski definition) is 1. The summed E-state index contributed by atoms with van der Waals surface area (Å²) in [5.74, 6) is 0.482. The molecule has 2 heterocycles. The van der Waals surface area contributed by atoms with Crippen LogP contribution in [0.3, 0.4) is 0 Å². The first kappa shape index (κ1) is 19.9. The molecule has 27 heavy (non-hydrogen) atoms. The maximum absolute atomic E-state index is 12.8. The van der Waals surface area contributed by atoms with Crippen LogP contribution < -0.4 is 9.46 Å². The molecule has 0 aliphatic rings. The van der Waals surface area contributed by atoms with E-state index in [2.05, 4.69) is 30.5 Å². The van der Waals surface area contributed by atoms with Gasteiger partial charge >= 0.3 is 0 Å². The van der Waals surface area contributed by atoms with Crippen LogP contribution in [0.4, 0.5) is 5.69 Å². The van der Waals surface area contributed by atoms with Gasteiger partial charge in [-0.1, -0.05) is 26.8 Å². The Kier molecular flexibility index (Phi) is 5.33. The summed E-state index contributed by atoms with van der Waals surface area (Å²) in [4.78, 5) is 4.66. The second kappa shape index (κ2) is 7.26. The van der Waals surface area contributed by atoms with Gasteiger partial charge in [-0.05, 0) is 30.7 Å². The van der Waals surface area contributed by atoms with Crippen molar-refractivity contribution in [3.05, 3.63) is 46.3 Å². The third-order valence-corrected chi connectivity index (χ3v) is 7.66. The molecule has 0 radical (unpaired) electrons. The molecule has 0 atom stereocenters. The van der Waals surface area contributed by atoms with E-state index >= 15 is 0 Å². The van der Waals surface area contributed by atoms with Crippen LogP contribution in [0.25, 0.3) is 10.6 Å². The molecule has 3 aromatic rings. The number of thiazole rings is 1. The Balaban J connectivity index is 1.89. The van der Waals surface area contributed by atoms with Crippen LogP contribution in [-0.4, -0.2) is 20.5 Å². The number of nitrogens with one attached hydrogen (secondary N) is 1. The van der Waals surface area contributed by atoms with Gasteiger partial charge in [-0.25, -0.2) is 13.4 Å². The Hall–Kier alpha value is -1.90. The smallest absolute Gasteiger partial charge is 0.271 e. The number of aryl methyl sites for hydroxylation is 1. The van der Waals surface area contributed by atoms with Gasteiger partial charge < -0.3 is 4.74 Å². The Morgan fingerprint density at radius 2 is 1.85 bits per heavy atom. The van der Waals surface area contributed by atoms with E-state index in [1.807, 2.05) is 23.8 Å². The van der Waals surface area contributed by atoms with Gasteiger partial charge in [-0.15, -0.1) is 22.7 Å². The fourth-order valence-corrected chi connectivity index (χ4v) is 5.75. The van der Waals surface area contributed by atoms with Gasteiger partial charge in [-0.3, -0.25) is 4.72 Å². The summed E-state index contributed by atoms with van der Waals surface area (Å²) in [5.41, 5.74) is 3.15. The standard InChI is InChI=1S/C19H22N2O3S3/c1-12-6-7-15(24-5)14(8-12)21-27(22,23)17-9-13(10-25-17)18-20-16(11-26-18)19(2,3)4/h6-11,21H,1-5H3. The molecule has 1 aromatic carbocycles. The molecule has 3 rings (SSSR count). The van der Waals surface area contributed by atoms with E-state index < -0.39 is 10.0 Å². The highest BCUT2D eigenvalue weighted by Gasteiger charge is 2.22. The normalized spacial score (nSPS) is 12.2. The summed E-state index contributed by atoms with van der Waals surface area (Å²) in [6.07, 6.45) is 0. The Bertz CT molecular complexity index is 1060. The van der Waals surface area contributed by atoms with Crippen molar-refractivity contribution in [1.82, 2.24) is 4.98 Å². The second-order valence-corrected chi connectivity index (χ2v) is 10.9. The number of ether oxygens (including phenoxy) is 1. The number of hydrogen-bond acceptors (Lipinski definition) is 6. The lowest BCUT2D eigenvalue weighted by atomic mass is 9.93. The number of methoxy groups -OCH3 is 1. The van der Waals surface area contributed by atoms with Crippen molar-refractivity contribution >= 4 is 38.4 Å². The molecule has 0 aliphatic carbocycles. The minimum absolute atomic E-state index is 0.0387. The highest BCUT2D eigenvalue weighted by atomic mass is 32.2. The van der Waals surface area contributed by atoms with Gasteiger partial charge in [0.15, 0.2) is 0 Å². The van der Waals surface area contributed by atoms with Crippen LogP contribution >= 0.6 is 22.7 Å². The molecule has 0 spiro atoms. The minimum atomic E-state index is -3.71. The molecule has 0 saturated carbocycles. The topological polar surface area (TPSA) is 68.3 Å². The van der Waals surface area contributed by atoms with E-state index in [4.69, 9.17) is 4.74 Å². The van der Waals surface area contributed by atoms with Crippen LogP contribution in [0.15, 0.2) is 39.2 Å². The molecular formula is C19H22N2O3S3. The van der Waals surface area contributed by atoms with E-state index in [1.54, 1.807) is 18.2 Å². The van der Waals surface area contributed by atoms with Gasteiger partial charge in [-0.2, -0.15) is 0 Å². The first-order valence-corrected chi connectivity index (χ1v) is 11.6. The lowest BCUT2D eigenvalue weighted by Gasteiger charge is -2.14. The van der Waals surface area contributed by atoms with E-state index in [-0.39, 0.29) is 9.62 Å². The first-order valence-electron chi connectivity index (χ1n) is 8.32. The number of aromatic nitrogens is 1. The van der Waals surface area contributed by atoms with Crippen LogP contribution in [0, 0.1) is 6.92 Å². The molecule has 0 bridgehead atoms. The molecule has 0 unspecified atom stereocenters. The summed E-state index contributed by atoms with van der Waals surface area (Å²) in [6.45, 7) is 8.22. The lowest BCUT2D eigenvalue weighted by molar-refractivity contribution is 0.417. The SMILES string of the molecule is COc1ccc(C)cc1NS(=O)(=O)c1cc(-c2nc(C(C)(C)C)cs2)cs1. The highest BCUT2D eigenvalue weighted by molar-refractivity contribution is 7.94. The van der Waals surface area contributed by atoms with Crippen molar-refractivity contribution < 1.29 is 13.2 Å². The number of anilines is 1. The van der Waals surface area contributed by atoms with Gasteiger partial charge in [0, 0.05) is 21.7 Å². The number of sulfonamides is 1. The van der Waals surface area contributed by atoms with Crippen molar-refractivity contribution in [1.29, 1.82) is 0 Å². The van der Waals surface area contributed by atoms with Crippen LogP contribution in [0.5, 0.6) is 5.75 Å². The van der Waals surface area contributed by atoms with Crippen molar-refractivity contribution in [2.45, 2.75) is 37.3 Å². The Labute approximate surface area is 168 Å². The molecule has 0 amide bonds. The number of rotatable bonds is 5. The Morgan fingerprint density at radius 1 is 1.11 bits per heavy atom. The minimum Gasteiger partial charge on any atom is -0.495 e. The summed E-state index contributed by atoms with van der Waals surface area (Å²) < 4.78 is 33.8. The molecule has 5 nitrogen and oxygen atoms in total. The zero-order valence-electron chi connectivity index (χ0n) is 15.9. The maximum Gasteiger partial charge on any atom is 0.271 e. The fraction of sp³-hybridized carbons (Fsp3) is 0.316. The number of nitrogens with zero attached hydrogens (tertiary/aromatic N) is 1. The van der Waals surface area contributed by atoms with Gasteiger partial charge in [0.25, 0.3) is 10.0 Å². The number of benzene rings is 1. The lowest BCUT2D eigenvalue weighted by Crippen LogP contribution is -2.12. The molecule has 0 fully saturated rings. The molecule has 0 aliphatic heterocycles. The third-order valence-electron chi connectivity index (χ3n) is 3.96. The molecule has 2 aromatic heterocycles. The maximum atomic E-state index is 12.8. The van der Waals surface area contributed by atoms with Crippen LogP contribution in [0.1, 0.15) is 32.0 Å². The van der Waals surface area contributed by atoms with Crippen LogP contribution in [-0.2, 0) is 15.4 Å².